The molecule has 372 valence electrons. The van der Waals surface area contributed by atoms with Crippen LogP contribution in [0.25, 0.3) is 0 Å². The van der Waals surface area contributed by atoms with Gasteiger partial charge in [-0.1, -0.05) is 64.2 Å². The van der Waals surface area contributed by atoms with Crippen LogP contribution in [0.15, 0.2) is 47.6 Å². The van der Waals surface area contributed by atoms with Crippen molar-refractivity contribution in [3.63, 3.8) is 0 Å². The first-order valence-electron chi connectivity index (χ1n) is 24.0. The van der Waals surface area contributed by atoms with Gasteiger partial charge in [0.05, 0.1) is 24.4 Å². The van der Waals surface area contributed by atoms with Gasteiger partial charge < -0.3 is 49.0 Å². The molecular weight excluding hydrogens is 851 g/mol. The topological polar surface area (TPSA) is 216 Å². The van der Waals surface area contributed by atoms with E-state index in [1.165, 1.54) is 25.0 Å². The van der Waals surface area contributed by atoms with Gasteiger partial charge in [0.1, 0.15) is 35.7 Å². The molecule has 15 atom stereocenters. The molecule has 1 saturated carbocycles. The number of ether oxygens (including phenoxy) is 5. The van der Waals surface area contributed by atoms with Gasteiger partial charge in [-0.2, -0.15) is 0 Å². The predicted octanol–water partition coefficient (Wildman–Crippen LogP) is 5.30. The molecule has 66 heavy (non-hydrogen) atoms. The van der Waals surface area contributed by atoms with E-state index in [4.69, 9.17) is 23.7 Å². The van der Waals surface area contributed by atoms with E-state index in [-0.39, 0.29) is 67.4 Å². The number of allylic oxidation sites excluding steroid dienone is 6. The molecule has 4 N–H and O–H groups in total. The van der Waals surface area contributed by atoms with Crippen LogP contribution < -0.4 is 0 Å². The lowest BCUT2D eigenvalue weighted by Gasteiger charge is -2.42. The van der Waals surface area contributed by atoms with Crippen LogP contribution in [0.2, 0.25) is 0 Å². The highest BCUT2D eigenvalue weighted by atomic mass is 16.6. The van der Waals surface area contributed by atoms with Crippen LogP contribution in [0.3, 0.4) is 0 Å². The van der Waals surface area contributed by atoms with E-state index < -0.39 is 89.3 Å². The number of aliphatic hydroxyl groups is 4. The minimum atomic E-state index is -2.45. The molecular formula is C51H79NO14. The lowest BCUT2D eigenvalue weighted by Crippen LogP contribution is -2.61. The molecule has 3 fully saturated rings. The average molecular weight is 930 g/mol. The number of fused-ring (bicyclic) bond motifs is 3. The number of esters is 1. The van der Waals surface area contributed by atoms with Crippen LogP contribution in [0.4, 0.5) is 0 Å². The highest BCUT2D eigenvalue weighted by Crippen LogP contribution is 2.38. The summed E-state index contributed by atoms with van der Waals surface area (Å²) in [6.45, 7) is 11.9. The highest BCUT2D eigenvalue weighted by Gasteiger charge is 2.53. The van der Waals surface area contributed by atoms with Crippen LogP contribution in [0.1, 0.15) is 126 Å². The van der Waals surface area contributed by atoms with Gasteiger partial charge in [0.25, 0.3) is 11.7 Å². The number of nitrogens with zero attached hydrogens (tertiary/aromatic N) is 1. The number of hydrogen-bond acceptors (Lipinski definition) is 14. The second-order valence-corrected chi connectivity index (χ2v) is 19.9. The molecule has 0 aromatic carbocycles. The molecule has 2 saturated heterocycles. The largest absolute Gasteiger partial charge is 0.460 e. The normalized spacial score (nSPS) is 39.8. The van der Waals surface area contributed by atoms with Gasteiger partial charge in [-0.25, -0.2) is 4.79 Å². The van der Waals surface area contributed by atoms with Gasteiger partial charge >= 0.3 is 5.97 Å². The van der Waals surface area contributed by atoms with Crippen LogP contribution in [-0.4, -0.2) is 143 Å². The second-order valence-electron chi connectivity index (χ2n) is 19.9. The number of aliphatic hydroxyl groups excluding tert-OH is 2. The van der Waals surface area contributed by atoms with Gasteiger partial charge in [-0.3, -0.25) is 19.2 Å². The number of piperidine rings is 1. The molecule has 15 nitrogen and oxygen atoms in total. The van der Waals surface area contributed by atoms with Crippen molar-refractivity contribution < 1.29 is 68.1 Å². The lowest BCUT2D eigenvalue weighted by atomic mass is 9.78. The number of cyclic esters (lactones) is 1. The number of Topliss-reactive ketones (excluding diaryl/α,β-unsaturated/α-hetero) is 3. The monoisotopic (exact) mass is 930 g/mol. The summed E-state index contributed by atoms with van der Waals surface area (Å²) >= 11 is 0. The maximum absolute atomic E-state index is 14.4. The number of ketones is 3. The molecule has 3 aliphatic heterocycles. The van der Waals surface area contributed by atoms with Crippen LogP contribution >= 0.6 is 0 Å². The number of carbonyl (C=O) groups excluding carboxylic acids is 5. The number of amides is 1. The van der Waals surface area contributed by atoms with Crippen LogP contribution in [0, 0.1) is 29.6 Å². The van der Waals surface area contributed by atoms with E-state index in [1.54, 1.807) is 47.1 Å². The Hall–Kier alpha value is -3.41. The van der Waals surface area contributed by atoms with Crippen molar-refractivity contribution in [2.45, 2.75) is 186 Å². The number of rotatable bonds is 6. The van der Waals surface area contributed by atoms with Crippen molar-refractivity contribution in [2.24, 2.45) is 29.6 Å². The SMILES string of the molecule is CO[C@@H]1C[C@@H]2CC[C@@H](C)[C@@](O)(O2)C(=O)C(=O)N2CCCC[C@H]2C(=O)O[C@H]([C@H](C)C[C@@H]2CC[C@@H](O)[C@H](OC)C2)CC(=O)[C@H](C)/C=C(/C)[C@@H](O)[C@@H](OC)C(=O)[C@@](C)(O)C[C@@H](C)/C=C\C=CC=C1C. The van der Waals surface area contributed by atoms with E-state index >= 15 is 0 Å². The van der Waals surface area contributed by atoms with Crippen molar-refractivity contribution >= 4 is 29.2 Å². The van der Waals surface area contributed by atoms with E-state index in [2.05, 4.69) is 0 Å². The summed E-state index contributed by atoms with van der Waals surface area (Å²) in [4.78, 5) is 71.9. The Morgan fingerprint density at radius 3 is 2.24 bits per heavy atom. The maximum Gasteiger partial charge on any atom is 0.329 e. The third kappa shape index (κ3) is 14.1. The predicted molar refractivity (Wildman–Crippen MR) is 247 cm³/mol. The molecule has 0 unspecified atom stereocenters. The Kier molecular flexibility index (Phi) is 20.7. The Morgan fingerprint density at radius 1 is 0.864 bits per heavy atom. The second kappa shape index (κ2) is 24.7. The molecule has 1 aliphatic carbocycles. The summed E-state index contributed by atoms with van der Waals surface area (Å²) < 4.78 is 29.2. The Morgan fingerprint density at radius 2 is 1.58 bits per heavy atom. The minimum absolute atomic E-state index is 0.0337. The van der Waals surface area contributed by atoms with E-state index in [9.17, 15) is 44.4 Å². The molecule has 0 radical (unpaired) electrons. The zero-order valence-electron chi connectivity index (χ0n) is 41.0. The summed E-state index contributed by atoms with van der Waals surface area (Å²) in [5.74, 6) is -8.54. The summed E-state index contributed by atoms with van der Waals surface area (Å²) in [6, 6.07) is -1.16. The van der Waals surface area contributed by atoms with Crippen molar-refractivity contribution in [1.29, 1.82) is 0 Å². The smallest absolute Gasteiger partial charge is 0.329 e. The fourth-order valence-corrected chi connectivity index (χ4v) is 10.2. The maximum atomic E-state index is 14.4. The average Bonchev–Trinajstić information content (AvgIpc) is 3.28. The lowest BCUT2D eigenvalue weighted by molar-refractivity contribution is -0.265. The van der Waals surface area contributed by atoms with E-state index in [1.807, 2.05) is 39.0 Å². The molecule has 15 heteroatoms. The first kappa shape index (κ1) is 55.2. The van der Waals surface area contributed by atoms with Gasteiger partial charge in [-0.05, 0) is 114 Å². The zero-order valence-corrected chi connectivity index (χ0v) is 41.0. The molecule has 4 aliphatic rings. The van der Waals surface area contributed by atoms with Gasteiger partial charge in [0, 0.05) is 52.6 Å². The molecule has 2 bridgehead atoms. The molecule has 0 spiro atoms. The third-order valence-electron chi connectivity index (χ3n) is 14.5. The molecule has 0 aromatic heterocycles. The summed E-state index contributed by atoms with van der Waals surface area (Å²) in [6.07, 6.45) is 9.32. The van der Waals surface area contributed by atoms with Gasteiger partial charge in [0.2, 0.25) is 5.79 Å². The minimum Gasteiger partial charge on any atom is -0.460 e. The number of methoxy groups -OCH3 is 3. The standard InChI is InChI=1S/C51H79NO14/c1-30-16-12-11-13-17-31(2)41(62-8)27-37-21-19-35(6)51(61,66-37)47(57)48(58)52-23-15-14-18-38(52)49(59)65-42(33(4)25-36-20-22-39(53)43(26-36)63-9)28-40(54)32(3)24-34(5)44(55)45(64-10)46(56)50(7,60)29-30/h11-13,16-17,24,30,32-33,35-39,41-45,53,55,60-61H,14-15,18-23,25-29H2,1-10H3/b13-11?,16-12-,31-17?,34-24-/t30-,32+,33+,35+,36-,37-,38-,39+,41+,42-,43+,44+,45+,50-,51+/m0/s1. The van der Waals surface area contributed by atoms with Gasteiger partial charge in [-0.15, -0.1) is 0 Å². The summed E-state index contributed by atoms with van der Waals surface area (Å²) in [5.41, 5.74) is -0.766. The first-order chi connectivity index (χ1) is 31.1. The van der Waals surface area contributed by atoms with Crippen molar-refractivity contribution in [1.82, 2.24) is 4.90 Å². The fraction of sp³-hybridized carbons (Fsp3) is 0.745. The molecule has 0 aromatic rings. The number of hydrogen-bond donors (Lipinski definition) is 4. The van der Waals surface area contributed by atoms with Crippen molar-refractivity contribution in [3.8, 4) is 0 Å². The molecule has 4 rings (SSSR count). The summed E-state index contributed by atoms with van der Waals surface area (Å²) in [7, 11) is 4.38. The third-order valence-corrected chi connectivity index (χ3v) is 14.5. The van der Waals surface area contributed by atoms with Crippen LogP contribution in [0.5, 0.6) is 0 Å². The highest BCUT2D eigenvalue weighted by molar-refractivity contribution is 6.39. The van der Waals surface area contributed by atoms with Crippen LogP contribution in [-0.2, 0) is 47.7 Å². The Balaban J connectivity index is 1.72. The first-order valence-corrected chi connectivity index (χ1v) is 24.0. The van der Waals surface area contributed by atoms with Crippen molar-refractivity contribution in [2.75, 3.05) is 27.9 Å². The van der Waals surface area contributed by atoms with E-state index in [0.29, 0.717) is 51.4 Å². The molecule has 3 heterocycles. The Bertz CT molecular complexity index is 1800. The molecule has 1 amide bonds. The summed E-state index contributed by atoms with van der Waals surface area (Å²) in [5, 5.41) is 45.3. The Labute approximate surface area is 392 Å². The quantitative estimate of drug-likeness (QED) is 0.151. The van der Waals surface area contributed by atoms with Crippen molar-refractivity contribution in [3.05, 3.63) is 47.6 Å². The fourth-order valence-electron chi connectivity index (χ4n) is 10.2. The van der Waals surface area contributed by atoms with E-state index in [0.717, 1.165) is 5.57 Å². The van der Waals surface area contributed by atoms with Gasteiger partial charge in [0.15, 0.2) is 5.78 Å². The zero-order chi connectivity index (χ0) is 49.1. The number of carbonyl (C=O) groups is 5.